The van der Waals surface area contributed by atoms with Crippen LogP contribution in [-0.4, -0.2) is 30.2 Å². The molecule has 2 N–H and O–H groups in total. The van der Waals surface area contributed by atoms with Gasteiger partial charge >= 0.3 is 0 Å². The van der Waals surface area contributed by atoms with Gasteiger partial charge in [-0.25, -0.2) is 35.4 Å². The van der Waals surface area contributed by atoms with Gasteiger partial charge in [-0.05, 0) is 70.7 Å². The summed E-state index contributed by atoms with van der Waals surface area (Å²) in [7, 11) is -5.54. The fraction of sp³-hybridized carbons (Fsp3) is 0.294. The van der Waals surface area contributed by atoms with Crippen LogP contribution in [0.2, 0.25) is 5.02 Å². The van der Waals surface area contributed by atoms with E-state index in [-0.39, 0.29) is 34.1 Å². The lowest BCUT2D eigenvalue weighted by Gasteiger charge is -2.29. The van der Waals surface area contributed by atoms with Crippen LogP contribution in [0.4, 0.5) is 33.5 Å². The number of carbonyl (C=O) groups is 1. The Morgan fingerprint density at radius 2 is 1.48 bits per heavy atom. The lowest BCUT2D eigenvalue weighted by Crippen LogP contribution is -2.43. The van der Waals surface area contributed by atoms with Gasteiger partial charge < -0.3 is 10.6 Å². The third-order valence-corrected chi connectivity index (χ3v) is 10.1. The first-order valence-corrected chi connectivity index (χ1v) is 16.7. The Bertz CT molecular complexity index is 1940. The summed E-state index contributed by atoms with van der Waals surface area (Å²) in [5, 5.41) is 0.286. The van der Waals surface area contributed by atoms with Crippen molar-refractivity contribution in [1.82, 2.24) is 9.29 Å². The van der Waals surface area contributed by atoms with Crippen LogP contribution in [0.1, 0.15) is 61.8 Å². The highest BCUT2D eigenvalue weighted by atomic mass is 35.5. The number of nitrogen functional groups attached to an aromatic ring is 1. The van der Waals surface area contributed by atoms with E-state index < -0.39 is 63.0 Å². The molecule has 0 bridgehead atoms. The summed E-state index contributed by atoms with van der Waals surface area (Å²) in [6.45, 7) is 4.36. The minimum Gasteiger partial charge on any atom is -0.384 e. The summed E-state index contributed by atoms with van der Waals surface area (Å²) in [4.78, 5) is 17.4. The van der Waals surface area contributed by atoms with Gasteiger partial charge in [-0.3, -0.25) is 4.79 Å². The normalized spacial score (nSPS) is 13.6. The summed E-state index contributed by atoms with van der Waals surface area (Å²) in [5.41, 5.74) is 8.81. The van der Waals surface area contributed by atoms with E-state index in [1.54, 1.807) is 0 Å². The third-order valence-electron chi connectivity index (χ3n) is 8.01. The minimum absolute atomic E-state index is 0.0641. The Morgan fingerprint density at radius 3 is 2.02 bits per heavy atom. The molecular formula is C34H32ClF5N4O3S. The Morgan fingerprint density at radius 1 is 0.875 bits per heavy atom. The second-order valence-electron chi connectivity index (χ2n) is 12.7. The number of aromatic nitrogens is 1. The van der Waals surface area contributed by atoms with Crippen LogP contribution in [0.25, 0.3) is 0 Å². The molecule has 0 spiro atoms. The van der Waals surface area contributed by atoms with Crippen molar-refractivity contribution in [2.24, 2.45) is 0 Å². The molecule has 0 saturated heterocycles. The quantitative estimate of drug-likeness (QED) is 0.104. The number of hydrogen-bond donors (Lipinski definition) is 1. The van der Waals surface area contributed by atoms with E-state index in [1.807, 2.05) is 12.1 Å². The number of rotatable bonds is 10. The van der Waals surface area contributed by atoms with Gasteiger partial charge in [0, 0.05) is 11.6 Å². The number of halogens is 6. The largest absolute Gasteiger partial charge is 0.384 e. The molecule has 0 unspecified atom stereocenters. The molecule has 1 aliphatic carbocycles. The molecule has 7 nitrogen and oxygen atoms in total. The van der Waals surface area contributed by atoms with Crippen molar-refractivity contribution >= 4 is 39.0 Å². The monoisotopic (exact) mass is 706 g/mol. The molecule has 48 heavy (non-hydrogen) atoms. The fourth-order valence-corrected chi connectivity index (χ4v) is 6.77. The first-order valence-electron chi connectivity index (χ1n) is 14.9. The number of nitrogens with two attached hydrogens (primary N) is 1. The number of anilines is 2. The van der Waals surface area contributed by atoms with Crippen molar-refractivity contribution in [3.63, 3.8) is 0 Å². The highest BCUT2D eigenvalue weighted by Crippen LogP contribution is 2.42. The van der Waals surface area contributed by atoms with Crippen LogP contribution in [0, 0.1) is 29.1 Å². The highest BCUT2D eigenvalue weighted by Gasteiger charge is 2.39. The number of benzene rings is 3. The van der Waals surface area contributed by atoms with Gasteiger partial charge in [0.05, 0.1) is 25.0 Å². The van der Waals surface area contributed by atoms with Crippen molar-refractivity contribution < 1.29 is 35.2 Å². The predicted molar refractivity (Wildman–Crippen MR) is 172 cm³/mol. The van der Waals surface area contributed by atoms with Crippen LogP contribution < -0.4 is 10.6 Å². The second-order valence-corrected chi connectivity index (χ2v) is 15.0. The van der Waals surface area contributed by atoms with Crippen molar-refractivity contribution in [1.29, 1.82) is 0 Å². The van der Waals surface area contributed by atoms with Crippen LogP contribution in [0.3, 0.4) is 0 Å². The van der Waals surface area contributed by atoms with E-state index >= 15 is 0 Å². The van der Waals surface area contributed by atoms with Gasteiger partial charge in [0.25, 0.3) is 0 Å². The average molecular weight is 707 g/mol. The zero-order valence-electron chi connectivity index (χ0n) is 26.2. The van der Waals surface area contributed by atoms with Crippen molar-refractivity contribution in [2.45, 2.75) is 62.9 Å². The molecule has 1 aromatic heterocycles. The van der Waals surface area contributed by atoms with Gasteiger partial charge in [-0.15, -0.1) is 0 Å². The fourth-order valence-electron chi connectivity index (χ4n) is 5.15. The van der Waals surface area contributed by atoms with Gasteiger partial charge in [-0.2, -0.15) is 4.31 Å². The molecule has 1 saturated carbocycles. The molecule has 1 heterocycles. The zero-order valence-corrected chi connectivity index (χ0v) is 27.8. The average Bonchev–Trinajstić information content (AvgIpc) is 3.88. The predicted octanol–water partition coefficient (Wildman–Crippen LogP) is 7.61. The number of sulfonamides is 1. The first-order chi connectivity index (χ1) is 22.5. The van der Waals surface area contributed by atoms with Crippen LogP contribution in [0.5, 0.6) is 0 Å². The SMILES string of the molecule is CC(C)(C)c1cc(CN(C(=O)CN(Cc2ccc(Cl)cc2)S(=O)(=O)c2c(F)c(F)c(F)c(F)c2F)c2ccc(N)nc2)cc(C2CC2)c1. The standard InChI is InChI=1S/C34H32ClF5N4O3S/c1-34(2,3)23-13-20(12-22(14-23)21-6-7-21)17-44(25-10-11-26(41)42-15-25)27(45)18-43(16-19-4-8-24(35)9-5-19)48(46,47)33-31(39)29(37)28(36)30(38)32(33)40/h4-5,8-15,21H,6-7,16-18H2,1-3H3,(H2,41,42). The lowest BCUT2D eigenvalue weighted by molar-refractivity contribution is -0.119. The Kier molecular flexibility index (Phi) is 9.87. The van der Waals surface area contributed by atoms with E-state index in [0.29, 0.717) is 10.2 Å². The van der Waals surface area contributed by atoms with Crippen molar-refractivity contribution in [2.75, 3.05) is 17.2 Å². The van der Waals surface area contributed by atoms with Crippen molar-refractivity contribution in [3.8, 4) is 0 Å². The third kappa shape index (κ3) is 7.48. The van der Waals surface area contributed by atoms with Crippen LogP contribution >= 0.6 is 11.6 Å². The van der Waals surface area contributed by atoms with Crippen molar-refractivity contribution in [3.05, 3.63) is 117 Å². The molecule has 0 aliphatic heterocycles. The van der Waals surface area contributed by atoms with E-state index in [4.69, 9.17) is 17.3 Å². The van der Waals surface area contributed by atoms with E-state index in [0.717, 1.165) is 29.5 Å². The summed E-state index contributed by atoms with van der Waals surface area (Å²) in [6, 6.07) is 14.6. The number of amides is 1. The van der Waals surface area contributed by atoms with Gasteiger partial charge in [0.15, 0.2) is 28.2 Å². The molecule has 3 aromatic carbocycles. The molecule has 4 aromatic rings. The number of nitrogens with zero attached hydrogens (tertiary/aromatic N) is 3. The molecule has 1 fully saturated rings. The maximum Gasteiger partial charge on any atom is 0.249 e. The zero-order chi connectivity index (χ0) is 35.1. The Balaban J connectivity index is 1.59. The van der Waals surface area contributed by atoms with E-state index in [9.17, 15) is 35.2 Å². The first kappa shape index (κ1) is 35.2. The Labute approximate surface area is 280 Å². The molecule has 0 radical (unpaired) electrons. The minimum atomic E-state index is -5.54. The molecule has 5 rings (SSSR count). The van der Waals surface area contributed by atoms with Gasteiger partial charge in [0.2, 0.25) is 21.7 Å². The van der Waals surface area contributed by atoms with Gasteiger partial charge in [0.1, 0.15) is 5.82 Å². The summed E-state index contributed by atoms with van der Waals surface area (Å²) >= 11 is 5.96. The molecule has 1 amide bonds. The smallest absolute Gasteiger partial charge is 0.249 e. The van der Waals surface area contributed by atoms with Gasteiger partial charge in [-0.1, -0.05) is 62.7 Å². The molecular weight excluding hydrogens is 675 g/mol. The maximum atomic E-state index is 14.9. The van der Waals surface area contributed by atoms with Crippen LogP contribution in [0.15, 0.2) is 65.7 Å². The van der Waals surface area contributed by atoms with E-state index in [2.05, 4.69) is 31.8 Å². The topological polar surface area (TPSA) is 96.6 Å². The summed E-state index contributed by atoms with van der Waals surface area (Å²) in [5.74, 6) is -12.9. The second kappa shape index (κ2) is 13.4. The molecule has 0 atom stereocenters. The molecule has 1 aliphatic rings. The molecule has 254 valence electrons. The summed E-state index contributed by atoms with van der Waals surface area (Å²) < 4.78 is 100. The highest BCUT2D eigenvalue weighted by molar-refractivity contribution is 7.89. The molecule has 14 heteroatoms. The maximum absolute atomic E-state index is 14.9. The lowest BCUT2D eigenvalue weighted by atomic mass is 9.84. The Hall–Kier alpha value is -4.07. The van der Waals surface area contributed by atoms with E-state index in [1.165, 1.54) is 47.5 Å². The number of hydrogen-bond acceptors (Lipinski definition) is 5. The number of carbonyl (C=O) groups excluding carboxylic acids is 1. The van der Waals surface area contributed by atoms with Crippen LogP contribution in [-0.2, 0) is 33.3 Å². The summed E-state index contributed by atoms with van der Waals surface area (Å²) in [6.07, 6.45) is 3.35. The number of pyridine rings is 1.